The van der Waals surface area contributed by atoms with E-state index in [9.17, 15) is 15.2 Å². The van der Waals surface area contributed by atoms with Crippen molar-refractivity contribution in [2.75, 3.05) is 4.90 Å². The minimum atomic E-state index is -2.11. The summed E-state index contributed by atoms with van der Waals surface area (Å²) in [5.41, 5.74) is 19.3. The van der Waals surface area contributed by atoms with Crippen molar-refractivity contribution in [3.8, 4) is 48.5 Å². The summed E-state index contributed by atoms with van der Waals surface area (Å²) < 4.78 is 0. The van der Waals surface area contributed by atoms with Gasteiger partial charge in [0.1, 0.15) is 19.7 Å². The lowest BCUT2D eigenvalue weighted by atomic mass is 9.69. The van der Waals surface area contributed by atoms with Gasteiger partial charge in [-0.25, -0.2) is 4.79 Å². The fourth-order valence-electron chi connectivity index (χ4n) is 13.8. The molecular formula is C74H56N2O2S2Si. The quantitative estimate of drug-likeness (QED) is 0.0669. The molecule has 9 aromatic carbocycles. The maximum atomic E-state index is 11.8. The third-order valence-electron chi connectivity index (χ3n) is 17.5. The molecule has 0 radical (unpaired) electrons. The Balaban J connectivity index is 0.948. The van der Waals surface area contributed by atoms with Crippen molar-refractivity contribution in [3.63, 3.8) is 0 Å². The zero-order valence-electron chi connectivity index (χ0n) is 45.1. The van der Waals surface area contributed by atoms with Crippen molar-refractivity contribution in [1.82, 2.24) is 0 Å². The Bertz CT molecular complexity index is 4040. The topological polar surface area (TPSA) is 64.3 Å². The van der Waals surface area contributed by atoms with Gasteiger partial charge in [-0.2, -0.15) is 5.26 Å². The first-order valence-electron chi connectivity index (χ1n) is 27.8. The molecule has 0 fully saturated rings. The molecule has 1 N–H and O–H groups in total. The Labute approximate surface area is 482 Å². The molecule has 1 aliphatic heterocycles. The van der Waals surface area contributed by atoms with E-state index in [1.54, 1.807) is 11.3 Å². The van der Waals surface area contributed by atoms with Crippen molar-refractivity contribution >= 4 is 70.2 Å². The third-order valence-corrected chi connectivity index (χ3v) is 23.8. The molecule has 2 aliphatic carbocycles. The number of thiophene rings is 2. The van der Waals surface area contributed by atoms with E-state index >= 15 is 0 Å². The minimum Gasteiger partial charge on any atom is -0.477 e. The molecule has 0 saturated carbocycles. The smallest absolute Gasteiger partial charge is 0.346 e. The number of fused-ring (bicyclic) bond motifs is 9. The van der Waals surface area contributed by atoms with Gasteiger partial charge in [0.15, 0.2) is 0 Å². The number of carboxylic acids is 1. The summed E-state index contributed by atoms with van der Waals surface area (Å²) in [6.45, 7) is 4.76. The molecule has 4 nitrogen and oxygen atoms in total. The monoisotopic (exact) mass is 1100 g/mol. The first-order valence-corrected chi connectivity index (χ1v) is 32.4. The average molecular weight is 1100 g/mol. The van der Waals surface area contributed by atoms with E-state index in [0.29, 0.717) is 0 Å². The van der Waals surface area contributed by atoms with Gasteiger partial charge >= 0.3 is 5.97 Å². The molecule has 81 heavy (non-hydrogen) atoms. The second-order valence-electron chi connectivity index (χ2n) is 22.6. The number of benzene rings is 9. The van der Waals surface area contributed by atoms with Crippen LogP contribution in [0.15, 0.2) is 248 Å². The summed E-state index contributed by atoms with van der Waals surface area (Å²) >= 11 is 3.41. The van der Waals surface area contributed by atoms with Crippen LogP contribution in [-0.4, -0.2) is 19.1 Å². The number of aliphatic carboxylic acids is 1. The number of rotatable bonds is 14. The first kappa shape index (κ1) is 50.3. The van der Waals surface area contributed by atoms with Crippen LogP contribution >= 0.6 is 22.7 Å². The van der Waals surface area contributed by atoms with Gasteiger partial charge in [0.25, 0.3) is 0 Å². The van der Waals surface area contributed by atoms with E-state index in [1.165, 1.54) is 97.8 Å². The molecule has 7 heteroatoms. The number of hydrogen-bond acceptors (Lipinski definition) is 5. The van der Waals surface area contributed by atoms with Crippen LogP contribution < -0.4 is 15.3 Å². The molecular weight excluding hydrogens is 1040 g/mol. The van der Waals surface area contributed by atoms with Crippen molar-refractivity contribution < 1.29 is 9.90 Å². The number of nitriles is 1. The van der Waals surface area contributed by atoms with E-state index in [-0.39, 0.29) is 16.4 Å². The fourth-order valence-corrected chi connectivity index (χ4v) is 20.9. The number of carbonyl (C=O) groups is 1. The van der Waals surface area contributed by atoms with Gasteiger partial charge in [-0.3, -0.25) is 0 Å². The summed E-state index contributed by atoms with van der Waals surface area (Å²) in [6.07, 6.45) is 4.92. The molecule has 0 spiro atoms. The number of nitrogens with zero attached hydrogens (tertiary/aromatic N) is 2. The van der Waals surface area contributed by atoms with Crippen LogP contribution in [0.1, 0.15) is 49.4 Å². The van der Waals surface area contributed by atoms with Crippen molar-refractivity contribution in [2.45, 2.75) is 49.6 Å². The van der Waals surface area contributed by atoms with Crippen LogP contribution in [-0.2, 0) is 41.3 Å². The Morgan fingerprint density at radius 2 is 0.877 bits per heavy atom. The van der Waals surface area contributed by atoms with Crippen LogP contribution in [0.3, 0.4) is 0 Å². The minimum absolute atomic E-state index is 0.247. The molecule has 3 heterocycles. The molecule has 0 unspecified atom stereocenters. The fraction of sp³-hybridized carbons (Fsp3) is 0.108. The maximum Gasteiger partial charge on any atom is 0.346 e. The summed E-state index contributed by atoms with van der Waals surface area (Å²) in [5.74, 6) is -1.20. The molecule has 14 rings (SSSR count). The van der Waals surface area contributed by atoms with Crippen LogP contribution in [0, 0.1) is 11.3 Å². The summed E-state index contributed by atoms with van der Waals surface area (Å²) in [4.78, 5) is 18.8. The Morgan fingerprint density at radius 1 is 0.481 bits per heavy atom. The zero-order valence-corrected chi connectivity index (χ0v) is 47.7. The van der Waals surface area contributed by atoms with Gasteiger partial charge in [-0.1, -0.05) is 207 Å². The van der Waals surface area contributed by atoms with E-state index in [2.05, 4.69) is 261 Å². The predicted molar refractivity (Wildman–Crippen MR) is 339 cm³/mol. The molecule has 0 bridgehead atoms. The van der Waals surface area contributed by atoms with E-state index in [4.69, 9.17) is 0 Å². The SMILES string of the molecule is C[Si]1(C)c2cc(/C=C(\C#N)C(=O)O)sc2-c2sc(-c3ccc(N(c4ccc5c(c4)C(Cc4ccccc4)(Cc4ccccc4)c4ccccc4-5)c4ccc5c(c4)C(Cc4ccccc4)(Cc4ccccc4)c4ccccc4-5)cc3)cc21. The van der Waals surface area contributed by atoms with Crippen molar-refractivity contribution in [3.05, 3.63) is 298 Å². The van der Waals surface area contributed by atoms with Crippen molar-refractivity contribution in [2.24, 2.45) is 0 Å². The Kier molecular flexibility index (Phi) is 12.4. The number of carboxylic acid groups (broad SMARTS) is 1. The molecule has 0 amide bonds. The first-order chi connectivity index (χ1) is 39.6. The van der Waals surface area contributed by atoms with Crippen LogP contribution in [0.4, 0.5) is 17.1 Å². The van der Waals surface area contributed by atoms with Crippen LogP contribution in [0.5, 0.6) is 0 Å². The lowest BCUT2D eigenvalue weighted by Gasteiger charge is -2.35. The Morgan fingerprint density at radius 3 is 1.32 bits per heavy atom. The average Bonchev–Trinajstić information content (AvgIpc) is 4.13. The highest BCUT2D eigenvalue weighted by Crippen LogP contribution is 2.57. The van der Waals surface area contributed by atoms with E-state index in [1.807, 2.05) is 17.4 Å². The normalized spacial score (nSPS) is 14.5. The number of anilines is 3. The second kappa shape index (κ2) is 20.0. The summed E-state index contributed by atoms with van der Waals surface area (Å²) in [7, 11) is -2.11. The Hall–Kier alpha value is -8.90. The van der Waals surface area contributed by atoms with E-state index in [0.717, 1.165) is 53.2 Å². The molecule has 0 saturated heterocycles. The third kappa shape index (κ3) is 8.56. The lowest BCUT2D eigenvalue weighted by molar-refractivity contribution is -0.132. The zero-order chi connectivity index (χ0) is 54.9. The predicted octanol–water partition coefficient (Wildman–Crippen LogP) is 17.2. The standard InChI is InChI=1S/C74H56N2O2S2Si/c1-81(2)68-42-58(39-54(48-75)72(77)78)79-70(68)71-69(81)43-67(80-71)53-31-33-55(34-32-53)76(56-35-37-61-59-27-15-17-29-63(59)73(65(61)40-56,44-49-19-7-3-8-20-49)45-50-21-9-4-10-22-50)57-36-38-62-60-28-16-18-30-64(60)74(66(62)41-57,46-51-23-11-5-12-24-51)47-52-25-13-6-14-26-52/h3-43H,44-47H2,1-2H3,(H,77,78)/b54-39+. The van der Waals surface area contributed by atoms with Crippen LogP contribution in [0.25, 0.3) is 48.5 Å². The molecule has 11 aromatic rings. The summed E-state index contributed by atoms with van der Waals surface area (Å²) in [5, 5.41) is 21.9. The molecule has 390 valence electrons. The van der Waals surface area contributed by atoms with Gasteiger partial charge < -0.3 is 10.0 Å². The van der Waals surface area contributed by atoms with Crippen LogP contribution in [0.2, 0.25) is 13.1 Å². The highest BCUT2D eigenvalue weighted by Gasteiger charge is 2.46. The number of hydrogen-bond donors (Lipinski definition) is 1. The van der Waals surface area contributed by atoms with Gasteiger partial charge in [0.05, 0.1) is 0 Å². The largest absolute Gasteiger partial charge is 0.477 e. The maximum absolute atomic E-state index is 11.8. The van der Waals surface area contributed by atoms with Gasteiger partial charge in [0, 0.05) is 47.4 Å². The highest BCUT2D eigenvalue weighted by molar-refractivity contribution is 7.30. The summed E-state index contributed by atoms with van der Waals surface area (Å²) in [6, 6.07) is 92.5. The molecule has 0 atom stereocenters. The van der Waals surface area contributed by atoms with E-state index < -0.39 is 14.0 Å². The lowest BCUT2D eigenvalue weighted by Crippen LogP contribution is -2.48. The molecule has 3 aliphatic rings. The van der Waals surface area contributed by atoms with Gasteiger partial charge in [-0.15, -0.1) is 22.7 Å². The van der Waals surface area contributed by atoms with Gasteiger partial charge in [-0.05, 0) is 163 Å². The van der Waals surface area contributed by atoms with Gasteiger partial charge in [0.2, 0.25) is 0 Å². The molecule has 2 aromatic heterocycles. The second-order valence-corrected chi connectivity index (χ2v) is 29.1. The highest BCUT2D eigenvalue weighted by atomic mass is 32.1. The van der Waals surface area contributed by atoms with Crippen molar-refractivity contribution in [1.29, 1.82) is 5.26 Å².